The monoisotopic (exact) mass is 290 g/mol. The number of halogens is 1. The average Bonchev–Trinajstić information content (AvgIpc) is 2.97. The molecule has 3 heterocycles. The summed E-state index contributed by atoms with van der Waals surface area (Å²) in [7, 11) is 0. The number of hydrogen-bond donors (Lipinski definition) is 0. The molecule has 0 N–H and O–H groups in total. The van der Waals surface area contributed by atoms with Gasteiger partial charge >= 0.3 is 0 Å². The van der Waals surface area contributed by atoms with Crippen molar-refractivity contribution in [1.29, 1.82) is 0 Å². The Kier molecular flexibility index (Phi) is 3.40. The zero-order valence-corrected chi connectivity index (χ0v) is 12.2. The molecule has 20 heavy (non-hydrogen) atoms. The summed E-state index contributed by atoms with van der Waals surface area (Å²) in [5, 5.41) is 8.14. The second-order valence-electron chi connectivity index (χ2n) is 4.79. The van der Waals surface area contributed by atoms with Crippen LogP contribution in [0, 0.1) is 13.8 Å². The van der Waals surface area contributed by atoms with Gasteiger partial charge in [-0.05, 0) is 19.9 Å². The Morgan fingerprint density at radius 3 is 2.80 bits per heavy atom. The van der Waals surface area contributed by atoms with E-state index in [2.05, 4.69) is 20.3 Å². The molecule has 3 aromatic heterocycles. The number of alkyl halides is 1. The van der Waals surface area contributed by atoms with E-state index in [0.717, 1.165) is 35.0 Å². The molecule has 0 aliphatic carbocycles. The first-order chi connectivity index (χ1) is 9.65. The lowest BCUT2D eigenvalue weighted by Gasteiger charge is -1.98. The van der Waals surface area contributed by atoms with Gasteiger partial charge in [-0.2, -0.15) is 0 Å². The maximum absolute atomic E-state index is 5.69. The lowest BCUT2D eigenvalue weighted by Crippen LogP contribution is -2.00. The van der Waals surface area contributed by atoms with Gasteiger partial charge in [-0.1, -0.05) is 5.21 Å². The van der Waals surface area contributed by atoms with Gasteiger partial charge in [-0.15, -0.1) is 16.7 Å². The third kappa shape index (κ3) is 2.51. The number of fused-ring (bicyclic) bond motifs is 1. The van der Waals surface area contributed by atoms with Crippen molar-refractivity contribution in [3.8, 4) is 0 Å². The SMILES string of the molecule is Cc1cc(C)n2cc(Cn3cc(CCCl)nn3)nc2n1. The number of hydrogen-bond acceptors (Lipinski definition) is 4. The fourth-order valence-electron chi connectivity index (χ4n) is 2.19. The first kappa shape index (κ1) is 13.1. The van der Waals surface area contributed by atoms with Crippen LogP contribution in [0.3, 0.4) is 0 Å². The molecule has 3 rings (SSSR count). The predicted molar refractivity (Wildman–Crippen MR) is 76.0 cm³/mol. The number of aromatic nitrogens is 6. The van der Waals surface area contributed by atoms with E-state index in [4.69, 9.17) is 11.6 Å². The van der Waals surface area contributed by atoms with Crippen molar-refractivity contribution in [2.45, 2.75) is 26.8 Å². The number of rotatable bonds is 4. The Labute approximate surface area is 121 Å². The van der Waals surface area contributed by atoms with Crippen LogP contribution in [0.1, 0.15) is 22.8 Å². The van der Waals surface area contributed by atoms with Gasteiger partial charge in [0.1, 0.15) is 0 Å². The van der Waals surface area contributed by atoms with Gasteiger partial charge in [-0.3, -0.25) is 4.40 Å². The second-order valence-corrected chi connectivity index (χ2v) is 5.17. The molecule has 0 radical (unpaired) electrons. The zero-order valence-electron chi connectivity index (χ0n) is 11.4. The maximum Gasteiger partial charge on any atom is 0.234 e. The van der Waals surface area contributed by atoms with Gasteiger partial charge < -0.3 is 0 Å². The van der Waals surface area contributed by atoms with E-state index < -0.39 is 0 Å². The van der Waals surface area contributed by atoms with E-state index in [1.54, 1.807) is 4.68 Å². The molecule has 0 atom stereocenters. The highest BCUT2D eigenvalue weighted by Crippen LogP contribution is 2.09. The maximum atomic E-state index is 5.69. The second kappa shape index (κ2) is 5.20. The van der Waals surface area contributed by atoms with Crippen LogP contribution < -0.4 is 0 Å². The van der Waals surface area contributed by atoms with Crippen molar-refractivity contribution in [1.82, 2.24) is 29.4 Å². The number of imidazole rings is 1. The van der Waals surface area contributed by atoms with E-state index >= 15 is 0 Å². The molecule has 3 aromatic rings. The van der Waals surface area contributed by atoms with Crippen LogP contribution >= 0.6 is 11.6 Å². The van der Waals surface area contributed by atoms with Crippen LogP contribution in [0.5, 0.6) is 0 Å². The molecule has 0 amide bonds. The number of aryl methyl sites for hydroxylation is 3. The Morgan fingerprint density at radius 2 is 2.00 bits per heavy atom. The Hall–Kier alpha value is -1.95. The van der Waals surface area contributed by atoms with Gasteiger partial charge in [0.15, 0.2) is 0 Å². The molecule has 0 saturated heterocycles. The molecule has 7 heteroatoms. The van der Waals surface area contributed by atoms with Crippen molar-refractivity contribution < 1.29 is 0 Å². The smallest absolute Gasteiger partial charge is 0.234 e. The van der Waals surface area contributed by atoms with Gasteiger partial charge in [0, 0.05) is 36.1 Å². The fraction of sp³-hybridized carbons (Fsp3) is 0.385. The van der Waals surface area contributed by atoms with Crippen LogP contribution in [-0.4, -0.2) is 35.2 Å². The molecule has 0 unspecified atom stereocenters. The molecule has 104 valence electrons. The molecular formula is C13H15ClN6. The highest BCUT2D eigenvalue weighted by Gasteiger charge is 2.07. The largest absolute Gasteiger partial charge is 0.288 e. The minimum absolute atomic E-state index is 0.551. The summed E-state index contributed by atoms with van der Waals surface area (Å²) in [6.45, 7) is 4.59. The van der Waals surface area contributed by atoms with Crippen molar-refractivity contribution in [2.24, 2.45) is 0 Å². The van der Waals surface area contributed by atoms with E-state index in [9.17, 15) is 0 Å². The number of nitrogens with zero attached hydrogens (tertiary/aromatic N) is 6. The molecule has 0 fully saturated rings. The first-order valence-corrected chi connectivity index (χ1v) is 6.96. The fourth-order valence-corrected chi connectivity index (χ4v) is 2.38. The van der Waals surface area contributed by atoms with E-state index in [-0.39, 0.29) is 0 Å². The van der Waals surface area contributed by atoms with E-state index in [1.807, 2.05) is 36.7 Å². The lowest BCUT2D eigenvalue weighted by molar-refractivity contribution is 0.640. The summed E-state index contributed by atoms with van der Waals surface area (Å²) < 4.78 is 3.75. The minimum atomic E-state index is 0.551. The summed E-state index contributed by atoms with van der Waals surface area (Å²) in [5.41, 5.74) is 3.90. The topological polar surface area (TPSA) is 60.9 Å². The van der Waals surface area contributed by atoms with Crippen LogP contribution in [0.2, 0.25) is 0 Å². The third-order valence-electron chi connectivity index (χ3n) is 3.07. The summed E-state index contributed by atoms with van der Waals surface area (Å²) in [5.74, 6) is 1.27. The standard InChI is InChI=1S/C13H15ClN6/c1-9-5-10(2)20-8-12(16-13(20)15-9)7-19-6-11(3-4-14)17-18-19/h5-6,8H,3-4,7H2,1-2H3. The summed E-state index contributed by atoms with van der Waals surface area (Å²) in [6, 6.07) is 2.03. The average molecular weight is 291 g/mol. The van der Waals surface area contributed by atoms with Crippen molar-refractivity contribution in [3.63, 3.8) is 0 Å². The van der Waals surface area contributed by atoms with Crippen molar-refractivity contribution >= 4 is 17.4 Å². The van der Waals surface area contributed by atoms with Crippen LogP contribution in [0.15, 0.2) is 18.5 Å². The molecule has 0 aliphatic rings. The van der Waals surface area contributed by atoms with E-state index in [0.29, 0.717) is 12.4 Å². The highest BCUT2D eigenvalue weighted by molar-refractivity contribution is 6.17. The molecule has 0 aliphatic heterocycles. The minimum Gasteiger partial charge on any atom is -0.288 e. The quantitative estimate of drug-likeness (QED) is 0.687. The Bertz CT molecular complexity index is 744. The molecule has 6 nitrogen and oxygen atoms in total. The van der Waals surface area contributed by atoms with Crippen LogP contribution in [0.4, 0.5) is 0 Å². The van der Waals surface area contributed by atoms with Gasteiger partial charge in [0.2, 0.25) is 5.78 Å². The molecular weight excluding hydrogens is 276 g/mol. The zero-order chi connectivity index (χ0) is 14.1. The Balaban J connectivity index is 1.88. The summed E-state index contributed by atoms with van der Waals surface area (Å²) in [4.78, 5) is 8.94. The van der Waals surface area contributed by atoms with Crippen molar-refractivity contribution in [2.75, 3.05) is 5.88 Å². The molecule has 0 bridgehead atoms. The summed E-state index contributed by atoms with van der Waals surface area (Å²) >= 11 is 5.69. The highest BCUT2D eigenvalue weighted by atomic mass is 35.5. The molecule has 0 aromatic carbocycles. The Morgan fingerprint density at radius 1 is 1.15 bits per heavy atom. The predicted octanol–water partition coefficient (Wildman–Crippen LogP) is 1.77. The van der Waals surface area contributed by atoms with Crippen LogP contribution in [0.25, 0.3) is 5.78 Å². The van der Waals surface area contributed by atoms with Gasteiger partial charge in [0.05, 0.1) is 17.9 Å². The van der Waals surface area contributed by atoms with Gasteiger partial charge in [-0.25, -0.2) is 14.6 Å². The molecule has 0 saturated carbocycles. The van der Waals surface area contributed by atoms with Crippen LogP contribution in [-0.2, 0) is 13.0 Å². The van der Waals surface area contributed by atoms with E-state index in [1.165, 1.54) is 0 Å². The lowest BCUT2D eigenvalue weighted by atomic mass is 10.3. The first-order valence-electron chi connectivity index (χ1n) is 6.43. The summed E-state index contributed by atoms with van der Waals surface area (Å²) in [6.07, 6.45) is 4.62. The normalized spacial score (nSPS) is 11.3. The van der Waals surface area contributed by atoms with Gasteiger partial charge in [0.25, 0.3) is 0 Å². The third-order valence-corrected chi connectivity index (χ3v) is 3.26. The van der Waals surface area contributed by atoms with Crippen molar-refractivity contribution in [3.05, 3.63) is 41.2 Å². The molecule has 0 spiro atoms.